The Kier molecular flexibility index (Phi) is 4.09. The molecule has 2 N–H and O–H groups in total. The zero-order valence-corrected chi connectivity index (χ0v) is 10.6. The maximum atomic E-state index is 11.9. The van der Waals surface area contributed by atoms with Crippen molar-refractivity contribution in [3.05, 3.63) is 23.2 Å². The van der Waals surface area contributed by atoms with Crippen LogP contribution in [0.15, 0.2) is 17.5 Å². The Hall–Kier alpha value is -1.69. The van der Waals surface area contributed by atoms with E-state index >= 15 is 0 Å². The summed E-state index contributed by atoms with van der Waals surface area (Å²) >= 11 is 1.26. The van der Waals surface area contributed by atoms with Crippen molar-refractivity contribution in [3.63, 3.8) is 0 Å². The molecule has 0 bridgehead atoms. The highest BCUT2D eigenvalue weighted by molar-refractivity contribution is 7.13. The summed E-state index contributed by atoms with van der Waals surface area (Å²) in [5.74, 6) is -0.951. The lowest BCUT2D eigenvalue weighted by molar-refractivity contribution is -0.136. The number of allylic oxidation sites excluding steroid dienone is 2. The summed E-state index contributed by atoms with van der Waals surface area (Å²) in [5, 5.41) is 13.5. The van der Waals surface area contributed by atoms with E-state index in [0.29, 0.717) is 10.8 Å². The normalized spacial score (nSPS) is 18.6. The van der Waals surface area contributed by atoms with Gasteiger partial charge in [-0.05, 0) is 19.3 Å². The number of anilines is 1. The minimum absolute atomic E-state index is 0.00169. The fourth-order valence-electron chi connectivity index (χ4n) is 1.84. The third-order valence-electron chi connectivity index (χ3n) is 2.75. The van der Waals surface area contributed by atoms with E-state index in [2.05, 4.69) is 16.4 Å². The van der Waals surface area contributed by atoms with Crippen molar-refractivity contribution < 1.29 is 14.7 Å². The van der Waals surface area contributed by atoms with Gasteiger partial charge in [0.15, 0.2) is 5.13 Å². The monoisotopic (exact) mass is 266 g/mol. The van der Waals surface area contributed by atoms with Crippen LogP contribution in [0.25, 0.3) is 0 Å². The average molecular weight is 266 g/mol. The fourth-order valence-corrected chi connectivity index (χ4v) is 2.55. The van der Waals surface area contributed by atoms with Gasteiger partial charge in [-0.25, -0.2) is 4.98 Å². The molecule has 1 aromatic heterocycles. The minimum Gasteiger partial charge on any atom is -0.481 e. The van der Waals surface area contributed by atoms with Crippen LogP contribution in [0.5, 0.6) is 0 Å². The van der Waals surface area contributed by atoms with Crippen LogP contribution in [-0.4, -0.2) is 22.0 Å². The predicted octanol–water partition coefficient (Wildman–Crippen LogP) is 2.06. The first-order valence-electron chi connectivity index (χ1n) is 5.77. The zero-order valence-electron chi connectivity index (χ0n) is 9.76. The van der Waals surface area contributed by atoms with Gasteiger partial charge < -0.3 is 10.4 Å². The molecule has 96 valence electrons. The molecule has 1 amide bonds. The molecule has 1 aliphatic rings. The van der Waals surface area contributed by atoms with Crippen LogP contribution in [0, 0.1) is 5.92 Å². The van der Waals surface area contributed by atoms with E-state index in [1.165, 1.54) is 11.3 Å². The Morgan fingerprint density at radius 1 is 1.50 bits per heavy atom. The van der Waals surface area contributed by atoms with Gasteiger partial charge in [0.1, 0.15) is 0 Å². The summed E-state index contributed by atoms with van der Waals surface area (Å²) in [6.45, 7) is 0. The van der Waals surface area contributed by atoms with Crippen LogP contribution < -0.4 is 5.32 Å². The Morgan fingerprint density at radius 3 is 3.00 bits per heavy atom. The third kappa shape index (κ3) is 3.40. The highest BCUT2D eigenvalue weighted by atomic mass is 32.1. The van der Waals surface area contributed by atoms with Crippen molar-refractivity contribution in [2.45, 2.75) is 25.7 Å². The molecule has 1 heterocycles. The number of nitrogens with zero attached hydrogens (tertiary/aromatic N) is 1. The second kappa shape index (κ2) is 5.77. The lowest BCUT2D eigenvalue weighted by Gasteiger charge is -2.15. The van der Waals surface area contributed by atoms with Gasteiger partial charge in [-0.3, -0.25) is 9.59 Å². The maximum absolute atomic E-state index is 11.9. The lowest BCUT2D eigenvalue weighted by Crippen LogP contribution is -2.23. The number of hydrogen-bond acceptors (Lipinski definition) is 4. The average Bonchev–Trinajstić information content (AvgIpc) is 2.76. The first-order chi connectivity index (χ1) is 8.65. The Balaban J connectivity index is 1.92. The largest absolute Gasteiger partial charge is 0.481 e. The predicted molar refractivity (Wildman–Crippen MR) is 68.6 cm³/mol. The van der Waals surface area contributed by atoms with Crippen molar-refractivity contribution in [1.82, 2.24) is 4.98 Å². The highest BCUT2D eigenvalue weighted by Gasteiger charge is 2.19. The van der Waals surface area contributed by atoms with Crippen LogP contribution in [-0.2, 0) is 16.0 Å². The van der Waals surface area contributed by atoms with Gasteiger partial charge in [0, 0.05) is 11.3 Å². The van der Waals surface area contributed by atoms with Crippen molar-refractivity contribution in [2.24, 2.45) is 5.92 Å². The van der Waals surface area contributed by atoms with Crippen LogP contribution in [0.2, 0.25) is 0 Å². The number of aromatic nitrogens is 1. The van der Waals surface area contributed by atoms with E-state index < -0.39 is 5.97 Å². The van der Waals surface area contributed by atoms with E-state index in [4.69, 9.17) is 5.11 Å². The van der Waals surface area contributed by atoms with E-state index in [1.54, 1.807) is 5.38 Å². The quantitative estimate of drug-likeness (QED) is 0.818. The van der Waals surface area contributed by atoms with Crippen LogP contribution in [0.4, 0.5) is 5.13 Å². The standard InChI is InChI=1S/C12H14N2O3S/c15-10(16)6-9-7-18-12(13-9)14-11(17)8-4-2-1-3-5-8/h1-2,7-8H,3-6H2,(H,15,16)(H,13,14,17). The number of carbonyl (C=O) groups is 2. The van der Waals surface area contributed by atoms with Gasteiger partial charge in [-0.15, -0.1) is 11.3 Å². The molecule has 6 heteroatoms. The Bertz CT molecular complexity index is 481. The van der Waals surface area contributed by atoms with Gasteiger partial charge in [-0.2, -0.15) is 0 Å². The summed E-state index contributed by atoms with van der Waals surface area (Å²) in [7, 11) is 0. The Morgan fingerprint density at radius 2 is 2.33 bits per heavy atom. The molecule has 1 aliphatic carbocycles. The van der Waals surface area contributed by atoms with Crippen LogP contribution in [0.3, 0.4) is 0 Å². The minimum atomic E-state index is -0.921. The molecule has 0 spiro atoms. The van der Waals surface area contributed by atoms with Gasteiger partial charge in [0.05, 0.1) is 12.1 Å². The number of carbonyl (C=O) groups excluding carboxylic acids is 1. The number of carboxylic acids is 1. The summed E-state index contributed by atoms with van der Waals surface area (Å²) in [6.07, 6.45) is 6.54. The van der Waals surface area contributed by atoms with Gasteiger partial charge in [0.2, 0.25) is 5.91 Å². The van der Waals surface area contributed by atoms with E-state index in [1.807, 2.05) is 6.08 Å². The molecule has 0 radical (unpaired) electrons. The van der Waals surface area contributed by atoms with Crippen LogP contribution >= 0.6 is 11.3 Å². The molecule has 5 nitrogen and oxygen atoms in total. The summed E-state index contributed by atoms with van der Waals surface area (Å²) in [4.78, 5) is 26.5. The third-order valence-corrected chi connectivity index (χ3v) is 3.56. The topological polar surface area (TPSA) is 79.3 Å². The van der Waals surface area contributed by atoms with Crippen LogP contribution in [0.1, 0.15) is 25.0 Å². The molecule has 0 saturated carbocycles. The lowest BCUT2D eigenvalue weighted by atomic mass is 9.94. The first kappa shape index (κ1) is 12.8. The summed E-state index contributed by atoms with van der Waals surface area (Å²) in [5.41, 5.74) is 0.478. The highest BCUT2D eigenvalue weighted by Crippen LogP contribution is 2.22. The molecule has 18 heavy (non-hydrogen) atoms. The summed E-state index contributed by atoms with van der Waals surface area (Å²) in [6, 6.07) is 0. The van der Waals surface area contributed by atoms with E-state index in [9.17, 15) is 9.59 Å². The molecular formula is C12H14N2O3S. The molecule has 1 atom stereocenters. The Labute approximate surface area is 109 Å². The number of carboxylic acid groups (broad SMARTS) is 1. The molecule has 0 aromatic carbocycles. The van der Waals surface area contributed by atoms with Crippen molar-refractivity contribution >= 4 is 28.3 Å². The van der Waals surface area contributed by atoms with Crippen molar-refractivity contribution in [3.8, 4) is 0 Å². The molecule has 1 aromatic rings. The number of thiazole rings is 1. The second-order valence-electron chi connectivity index (χ2n) is 4.19. The smallest absolute Gasteiger partial charge is 0.309 e. The van der Waals surface area contributed by atoms with Gasteiger partial charge in [0.25, 0.3) is 0 Å². The van der Waals surface area contributed by atoms with E-state index in [-0.39, 0.29) is 18.2 Å². The molecule has 0 saturated heterocycles. The maximum Gasteiger partial charge on any atom is 0.309 e. The molecule has 0 aliphatic heterocycles. The molecule has 1 unspecified atom stereocenters. The van der Waals surface area contributed by atoms with Crippen molar-refractivity contribution in [2.75, 3.05) is 5.32 Å². The number of rotatable bonds is 4. The second-order valence-corrected chi connectivity index (χ2v) is 5.04. The fraction of sp³-hybridized carbons (Fsp3) is 0.417. The van der Waals surface area contributed by atoms with E-state index in [0.717, 1.165) is 19.3 Å². The zero-order chi connectivity index (χ0) is 13.0. The van der Waals surface area contributed by atoms with Gasteiger partial charge >= 0.3 is 5.97 Å². The number of nitrogens with one attached hydrogen (secondary N) is 1. The van der Waals surface area contributed by atoms with Gasteiger partial charge in [-0.1, -0.05) is 12.2 Å². The van der Waals surface area contributed by atoms with Crippen molar-refractivity contribution in [1.29, 1.82) is 0 Å². The molecule has 0 fully saturated rings. The summed E-state index contributed by atoms with van der Waals surface area (Å²) < 4.78 is 0. The molecule has 2 rings (SSSR count). The molecular weight excluding hydrogens is 252 g/mol. The number of aliphatic carboxylic acids is 1. The SMILES string of the molecule is O=C(O)Cc1csc(NC(=O)C2CC=CCC2)n1. The number of hydrogen-bond donors (Lipinski definition) is 2. The number of amides is 1. The first-order valence-corrected chi connectivity index (χ1v) is 6.65.